The average molecular weight is 235 g/mol. The van der Waals surface area contributed by atoms with Crippen LogP contribution >= 0.6 is 0 Å². The van der Waals surface area contributed by atoms with Crippen LogP contribution in [0.15, 0.2) is 10.8 Å². The molecule has 1 aromatic heterocycles. The van der Waals surface area contributed by atoms with Gasteiger partial charge in [-0.25, -0.2) is 4.98 Å². The molecule has 2 rings (SSSR count). The molecule has 0 radical (unpaired) electrons. The Morgan fingerprint density at radius 3 is 2.69 bits per heavy atom. The zero-order valence-corrected chi connectivity index (χ0v) is 8.55. The van der Waals surface area contributed by atoms with Crippen molar-refractivity contribution in [2.75, 3.05) is 26.2 Å². The molecule has 90 valence electrons. The Morgan fingerprint density at radius 2 is 2.06 bits per heavy atom. The lowest BCUT2D eigenvalue weighted by Gasteiger charge is -2.26. The molecule has 0 amide bonds. The van der Waals surface area contributed by atoms with Crippen molar-refractivity contribution in [3.05, 3.63) is 17.8 Å². The maximum absolute atomic E-state index is 12.5. The molecule has 1 N–H and O–H groups in total. The van der Waals surface area contributed by atoms with E-state index >= 15 is 0 Å². The van der Waals surface area contributed by atoms with Gasteiger partial charge < -0.3 is 9.73 Å². The fraction of sp³-hybridized carbons (Fsp3) is 0.667. The molecular formula is C9H12F3N3O. The molecule has 0 aromatic carbocycles. The van der Waals surface area contributed by atoms with E-state index in [4.69, 9.17) is 0 Å². The first kappa shape index (κ1) is 11.4. The Kier molecular flexibility index (Phi) is 3.15. The van der Waals surface area contributed by atoms with E-state index in [0.717, 1.165) is 32.6 Å². The zero-order chi connectivity index (χ0) is 11.6. The lowest BCUT2D eigenvalue weighted by atomic mass is 10.3. The third-order valence-electron chi connectivity index (χ3n) is 2.48. The molecule has 0 atom stereocenters. The molecule has 16 heavy (non-hydrogen) atoms. The number of piperazine rings is 1. The highest BCUT2D eigenvalue weighted by atomic mass is 19.4. The van der Waals surface area contributed by atoms with Crippen LogP contribution in [-0.2, 0) is 12.7 Å². The Morgan fingerprint density at radius 1 is 1.38 bits per heavy atom. The predicted octanol–water partition coefficient (Wildman–Crippen LogP) is 1.10. The number of aromatic nitrogens is 1. The van der Waals surface area contributed by atoms with Gasteiger partial charge in [0.15, 0.2) is 6.39 Å². The second-order valence-electron chi connectivity index (χ2n) is 3.65. The lowest BCUT2D eigenvalue weighted by Crippen LogP contribution is -2.43. The molecule has 1 aliphatic heterocycles. The highest BCUT2D eigenvalue weighted by Crippen LogP contribution is 2.31. The second kappa shape index (κ2) is 4.42. The highest BCUT2D eigenvalue weighted by Gasteiger charge is 2.38. The number of oxazole rings is 1. The van der Waals surface area contributed by atoms with E-state index in [1.54, 1.807) is 0 Å². The van der Waals surface area contributed by atoms with Gasteiger partial charge in [0.05, 0.1) is 0 Å². The second-order valence-corrected chi connectivity index (χ2v) is 3.65. The fourth-order valence-corrected chi connectivity index (χ4v) is 1.69. The number of alkyl halides is 3. The molecule has 4 nitrogen and oxygen atoms in total. The molecule has 2 heterocycles. The molecule has 1 aromatic rings. The SMILES string of the molecule is FC(F)(F)c1ocnc1CN1CCNCC1. The van der Waals surface area contributed by atoms with Gasteiger partial charge in [-0.15, -0.1) is 0 Å². The van der Waals surface area contributed by atoms with E-state index < -0.39 is 11.9 Å². The molecule has 0 saturated carbocycles. The summed E-state index contributed by atoms with van der Waals surface area (Å²) in [6.45, 7) is 3.22. The first-order valence-corrected chi connectivity index (χ1v) is 5.00. The van der Waals surface area contributed by atoms with Gasteiger partial charge in [-0.1, -0.05) is 0 Å². The predicted molar refractivity (Wildman–Crippen MR) is 49.7 cm³/mol. The van der Waals surface area contributed by atoms with Crippen molar-refractivity contribution in [2.45, 2.75) is 12.7 Å². The van der Waals surface area contributed by atoms with Crippen molar-refractivity contribution in [2.24, 2.45) is 0 Å². The fourth-order valence-electron chi connectivity index (χ4n) is 1.69. The van der Waals surface area contributed by atoms with Crippen molar-refractivity contribution in [1.82, 2.24) is 15.2 Å². The monoisotopic (exact) mass is 235 g/mol. The van der Waals surface area contributed by atoms with E-state index in [2.05, 4.69) is 14.7 Å². The zero-order valence-electron chi connectivity index (χ0n) is 8.55. The number of hydrogen-bond acceptors (Lipinski definition) is 4. The van der Waals surface area contributed by atoms with Crippen LogP contribution in [0.1, 0.15) is 11.5 Å². The van der Waals surface area contributed by atoms with Crippen LogP contribution in [-0.4, -0.2) is 36.1 Å². The summed E-state index contributed by atoms with van der Waals surface area (Å²) in [5, 5.41) is 3.13. The Labute approximate surface area is 90.4 Å². The largest absolute Gasteiger partial charge is 0.451 e. The van der Waals surface area contributed by atoms with E-state index in [-0.39, 0.29) is 12.2 Å². The maximum Gasteiger partial charge on any atom is 0.451 e. The molecule has 1 aliphatic rings. The summed E-state index contributed by atoms with van der Waals surface area (Å²) >= 11 is 0. The van der Waals surface area contributed by atoms with Crippen molar-refractivity contribution in [1.29, 1.82) is 0 Å². The van der Waals surface area contributed by atoms with Gasteiger partial charge in [0.2, 0.25) is 5.76 Å². The van der Waals surface area contributed by atoms with Gasteiger partial charge in [0.1, 0.15) is 5.69 Å². The van der Waals surface area contributed by atoms with Gasteiger partial charge in [-0.3, -0.25) is 4.90 Å². The summed E-state index contributed by atoms with van der Waals surface area (Å²) in [6.07, 6.45) is -3.61. The highest BCUT2D eigenvalue weighted by molar-refractivity contribution is 5.10. The topological polar surface area (TPSA) is 41.3 Å². The molecule has 0 unspecified atom stereocenters. The first-order valence-electron chi connectivity index (χ1n) is 5.00. The van der Waals surface area contributed by atoms with E-state index in [1.165, 1.54) is 0 Å². The molecular weight excluding hydrogens is 223 g/mol. The van der Waals surface area contributed by atoms with Crippen molar-refractivity contribution < 1.29 is 17.6 Å². The summed E-state index contributed by atoms with van der Waals surface area (Å²) in [5.74, 6) is -0.981. The van der Waals surface area contributed by atoms with Crippen LogP contribution in [0, 0.1) is 0 Å². The molecule has 0 aliphatic carbocycles. The van der Waals surface area contributed by atoms with Gasteiger partial charge in [-0.2, -0.15) is 13.2 Å². The number of halogens is 3. The van der Waals surface area contributed by atoms with Gasteiger partial charge in [0, 0.05) is 32.7 Å². The van der Waals surface area contributed by atoms with E-state index in [1.807, 2.05) is 4.90 Å². The third kappa shape index (κ3) is 2.53. The summed E-state index contributed by atoms with van der Waals surface area (Å²) in [6, 6.07) is 0. The smallest absolute Gasteiger partial charge is 0.439 e. The van der Waals surface area contributed by atoms with Crippen LogP contribution in [0.2, 0.25) is 0 Å². The Hall–Kier alpha value is -1.08. The van der Waals surface area contributed by atoms with E-state index in [0.29, 0.717) is 0 Å². The van der Waals surface area contributed by atoms with Gasteiger partial charge in [-0.05, 0) is 0 Å². The molecule has 1 fully saturated rings. The number of hydrogen-bond donors (Lipinski definition) is 1. The van der Waals surface area contributed by atoms with Crippen LogP contribution in [0.3, 0.4) is 0 Å². The van der Waals surface area contributed by atoms with Crippen molar-refractivity contribution in [3.63, 3.8) is 0 Å². The lowest BCUT2D eigenvalue weighted by molar-refractivity contribution is -0.154. The quantitative estimate of drug-likeness (QED) is 0.833. The minimum Gasteiger partial charge on any atom is -0.439 e. The van der Waals surface area contributed by atoms with Crippen LogP contribution < -0.4 is 5.32 Å². The number of nitrogens with one attached hydrogen (secondary N) is 1. The summed E-state index contributed by atoms with van der Waals surface area (Å²) in [7, 11) is 0. The molecule has 0 spiro atoms. The third-order valence-corrected chi connectivity index (χ3v) is 2.48. The summed E-state index contributed by atoms with van der Waals surface area (Å²) in [5.41, 5.74) is -0.0330. The van der Waals surface area contributed by atoms with Crippen LogP contribution in [0.25, 0.3) is 0 Å². The molecule has 1 saturated heterocycles. The Balaban J connectivity index is 2.06. The van der Waals surface area contributed by atoms with Crippen LogP contribution in [0.4, 0.5) is 13.2 Å². The minimum absolute atomic E-state index is 0.0330. The minimum atomic E-state index is -4.46. The maximum atomic E-state index is 12.5. The molecule has 7 heteroatoms. The van der Waals surface area contributed by atoms with Crippen molar-refractivity contribution >= 4 is 0 Å². The van der Waals surface area contributed by atoms with Gasteiger partial charge >= 0.3 is 6.18 Å². The van der Waals surface area contributed by atoms with E-state index in [9.17, 15) is 13.2 Å². The standard InChI is InChI=1S/C9H12F3N3O/c10-9(11,12)8-7(14-6-16-8)5-15-3-1-13-2-4-15/h6,13H,1-5H2. The number of rotatable bonds is 2. The van der Waals surface area contributed by atoms with Crippen molar-refractivity contribution in [3.8, 4) is 0 Å². The summed E-state index contributed by atoms with van der Waals surface area (Å²) < 4.78 is 41.8. The normalized spacial score (nSPS) is 18.9. The first-order chi connectivity index (χ1) is 7.57. The number of nitrogens with zero attached hydrogens (tertiary/aromatic N) is 2. The van der Waals surface area contributed by atoms with Gasteiger partial charge in [0.25, 0.3) is 0 Å². The van der Waals surface area contributed by atoms with Crippen LogP contribution in [0.5, 0.6) is 0 Å². The molecule has 0 bridgehead atoms. The average Bonchev–Trinajstić information content (AvgIpc) is 2.67. The Bertz CT molecular complexity index is 344. The summed E-state index contributed by atoms with van der Waals surface area (Å²) in [4.78, 5) is 5.55.